The molecular formula is C95H75NO47. The third-order valence-corrected chi connectivity index (χ3v) is 21.1. The maximum absolute atomic E-state index is 15.3. The van der Waals surface area contributed by atoms with Gasteiger partial charge in [0, 0.05) is 13.1 Å². The van der Waals surface area contributed by atoms with E-state index >= 15 is 14.4 Å². The smallest absolute Gasteiger partial charge is 0.343 e. The van der Waals surface area contributed by atoms with Gasteiger partial charge in [-0.1, -0.05) is 60.7 Å². The maximum atomic E-state index is 15.3. The first-order valence-corrected chi connectivity index (χ1v) is 41.0. The number of benzene rings is 12. The molecule has 2 fully saturated rings. The molecule has 2 aliphatic heterocycles. The average molecular weight is 1980 g/mol. The predicted molar refractivity (Wildman–Crippen MR) is 469 cm³/mol. The van der Waals surface area contributed by atoms with Crippen molar-refractivity contribution in [2.45, 2.75) is 55.8 Å². The molecule has 2 saturated heterocycles. The number of rotatable bonds is 25. The molecule has 742 valence electrons. The summed E-state index contributed by atoms with van der Waals surface area (Å²) < 4.78 is 66.9. The Kier molecular flexibility index (Phi) is 29.4. The number of phenols is 25. The lowest BCUT2D eigenvalue weighted by molar-refractivity contribution is -0.282. The van der Waals surface area contributed by atoms with Gasteiger partial charge in [-0.25, -0.2) is 47.9 Å². The van der Waals surface area contributed by atoms with Crippen molar-refractivity contribution < 1.29 is 232 Å². The molecule has 0 radical (unpaired) electrons. The molecule has 0 amide bonds. The number of nitrogens with zero attached hydrogens (tertiary/aromatic N) is 1. The molecular weight excluding hydrogens is 1910 g/mol. The van der Waals surface area contributed by atoms with Crippen molar-refractivity contribution in [3.05, 3.63) is 249 Å². The van der Waals surface area contributed by atoms with Crippen LogP contribution in [-0.4, -0.2) is 256 Å². The van der Waals surface area contributed by atoms with Crippen LogP contribution in [-0.2, 0) is 33.2 Å². The number of phenolic OH excluding ortho intramolecular Hbond substituents is 25. The molecule has 143 heavy (non-hydrogen) atoms. The van der Waals surface area contributed by atoms with E-state index in [1.165, 1.54) is 11.1 Å². The number of hydrogen-bond donors (Lipinski definition) is 25. The fraction of sp³-hybridized carbons (Fsp3) is 0.137. The van der Waals surface area contributed by atoms with Crippen molar-refractivity contribution in [2.75, 3.05) is 26.7 Å². The van der Waals surface area contributed by atoms with Gasteiger partial charge < -0.3 is 189 Å². The van der Waals surface area contributed by atoms with E-state index in [9.17, 15) is 161 Å². The molecule has 2 aliphatic rings. The van der Waals surface area contributed by atoms with Crippen LogP contribution in [0.25, 0.3) is 0 Å². The number of esters is 10. The first kappa shape index (κ1) is 101. The van der Waals surface area contributed by atoms with E-state index < -0.39 is 325 Å². The van der Waals surface area contributed by atoms with Gasteiger partial charge in [-0.05, 0) is 152 Å². The number of ether oxygens (including phenoxy) is 12. The Morgan fingerprint density at radius 2 is 0.490 bits per heavy atom. The molecule has 12 aromatic rings. The van der Waals surface area contributed by atoms with Crippen LogP contribution in [0.4, 0.5) is 0 Å². The van der Waals surface area contributed by atoms with Crippen LogP contribution in [0.1, 0.15) is 134 Å². The zero-order chi connectivity index (χ0) is 104. The quantitative estimate of drug-likeness (QED) is 0.0110. The van der Waals surface area contributed by atoms with E-state index in [0.717, 1.165) is 25.9 Å². The Labute approximate surface area is 797 Å². The predicted octanol–water partition coefficient (Wildman–Crippen LogP) is 8.72. The van der Waals surface area contributed by atoms with Gasteiger partial charge in [0.1, 0.15) is 18.8 Å². The van der Waals surface area contributed by atoms with Crippen molar-refractivity contribution in [2.24, 2.45) is 0 Å². The second kappa shape index (κ2) is 41.8. The number of likely N-dealkylation sites (tertiary alicyclic amines) is 1. The summed E-state index contributed by atoms with van der Waals surface area (Å²) in [7, 11) is 2.18. The molecule has 48 heteroatoms. The highest BCUT2D eigenvalue weighted by Crippen LogP contribution is 2.49. The number of aromatic hydroxyl groups is 25. The summed E-state index contributed by atoms with van der Waals surface area (Å²) >= 11 is 0. The molecule has 5 atom stereocenters. The van der Waals surface area contributed by atoms with Gasteiger partial charge >= 0.3 is 59.7 Å². The van der Waals surface area contributed by atoms with Gasteiger partial charge in [-0.2, -0.15) is 0 Å². The minimum Gasteiger partial charge on any atom is -0.504 e. The van der Waals surface area contributed by atoms with Crippen molar-refractivity contribution >= 4 is 59.7 Å². The Morgan fingerprint density at radius 3 is 0.748 bits per heavy atom. The van der Waals surface area contributed by atoms with Crippen LogP contribution < -0.4 is 23.7 Å². The fourth-order valence-corrected chi connectivity index (χ4v) is 13.8. The normalized spacial score (nSPS) is 15.0. The van der Waals surface area contributed by atoms with Crippen LogP contribution in [0.5, 0.6) is 172 Å². The summed E-state index contributed by atoms with van der Waals surface area (Å²) in [6, 6.07) is 29.7. The zero-order valence-electron chi connectivity index (χ0n) is 72.5. The highest BCUT2D eigenvalue weighted by atomic mass is 16.8. The summed E-state index contributed by atoms with van der Waals surface area (Å²) in [6.45, 7) is 0.544. The van der Waals surface area contributed by atoms with Crippen LogP contribution in [0.2, 0.25) is 0 Å². The summed E-state index contributed by atoms with van der Waals surface area (Å²) in [5, 5.41) is 261. The lowest BCUT2D eigenvalue weighted by Crippen LogP contribution is -2.63. The van der Waals surface area contributed by atoms with Gasteiger partial charge in [0.15, 0.2) is 156 Å². The molecule has 14 rings (SSSR count). The van der Waals surface area contributed by atoms with Crippen molar-refractivity contribution in [3.8, 4) is 172 Å². The Hall–Kier alpha value is -19.8. The number of carbonyl (C=O) groups excluding carboxylic acids is 10. The summed E-state index contributed by atoms with van der Waals surface area (Å²) in [6.07, 6.45) is -12.4. The van der Waals surface area contributed by atoms with Crippen LogP contribution in [0.3, 0.4) is 0 Å². The van der Waals surface area contributed by atoms with Crippen LogP contribution in [0, 0.1) is 0 Å². The van der Waals surface area contributed by atoms with E-state index in [4.69, 9.17) is 56.8 Å². The first-order chi connectivity index (χ1) is 67.7. The largest absolute Gasteiger partial charge is 0.504 e. The SMILES string of the molecule is CN1CCC(OC(c2ccccc2)c2ccccc2)CC1.O=C(OC[C@H]1O[C@@H](OC(=O)c2cc(O)c(O)c(OC(=O)c3cc(O)c(O)c(O)c3)c2)[C@H](OC(=O)c2cc(O)c(O)c(OC(=O)c3cc(O)c(O)c(O)c3)c2)[C@@H](OC(=O)c2cc(O)c(O)c(OC(=O)c3cc(O)c(O)c(O)c3)c2)[C@@H]1OC(=O)c1cc(O)c(O)c(OC(=O)c2cc(O)c(O)c(O)c2)c1)c1cc(O)c(O)c(OC(=O)c2cc(O)c(O)c(O)c2)c1. The van der Waals surface area contributed by atoms with Crippen molar-refractivity contribution in [1.82, 2.24) is 4.90 Å². The highest BCUT2D eigenvalue weighted by molar-refractivity contribution is 6.00. The average Bonchev–Trinajstić information content (AvgIpc) is 0.761. The van der Waals surface area contributed by atoms with Crippen LogP contribution >= 0.6 is 0 Å². The molecule has 0 unspecified atom stereocenters. The monoisotopic (exact) mass is 1980 g/mol. The maximum Gasteiger partial charge on any atom is 0.343 e. The van der Waals surface area contributed by atoms with Crippen molar-refractivity contribution in [3.63, 3.8) is 0 Å². The van der Waals surface area contributed by atoms with Crippen LogP contribution in [0.15, 0.2) is 182 Å². The Bertz CT molecular complexity index is 6920. The summed E-state index contributed by atoms with van der Waals surface area (Å²) in [5.41, 5.74) is -7.41. The van der Waals surface area contributed by atoms with Gasteiger partial charge in [0.2, 0.25) is 41.1 Å². The lowest BCUT2D eigenvalue weighted by Gasteiger charge is -2.43. The molecule has 0 aromatic heterocycles. The second-order valence-corrected chi connectivity index (χ2v) is 31.0. The Morgan fingerprint density at radius 1 is 0.273 bits per heavy atom. The topological polar surface area (TPSA) is 790 Å². The van der Waals surface area contributed by atoms with E-state index in [1.807, 2.05) is 0 Å². The molecule has 48 nitrogen and oxygen atoms in total. The van der Waals surface area contributed by atoms with E-state index in [0.29, 0.717) is 127 Å². The summed E-state index contributed by atoms with van der Waals surface area (Å²) in [4.78, 5) is 145. The number of piperidine rings is 1. The van der Waals surface area contributed by atoms with Gasteiger partial charge in [-0.15, -0.1) is 0 Å². The third-order valence-electron chi connectivity index (χ3n) is 21.1. The standard InChI is InChI=1S/C76H52O46.C19H23NO/c77-32-1-22(2-33(78)53(32)92)67(103)113-47-16-27(11-42(87)58(47)97)66(102)112-21-52-63(119-72(108)28-12-43(88)59(98)48(17-28)114-68(104)23-3-34(79)54(93)35(80)4-23)64(120-73(109)29-13-44(89)60(99)49(18-29)115-69(105)24-5-36(81)55(94)37(82)6-24)65(121-74(110)30-14-45(90)61(100)50(19-30)116-70(106)25-7-38(83)56(95)39(84)8-25)76(118-52)122-75(111)31-15-46(91)62(101)51(20-31)117-71(107)26-9-40(85)57(96)41(86)10-26;1-20-14-12-18(13-15-20)21-19(16-8-4-2-5-9-16)17-10-6-3-7-11-17/h1-20,52,63-65,76-101H,21H2;2-11,18-19H,12-15H2,1H3/t52-,63-,64+,65-,76+;/m1./s1. The minimum atomic E-state index is -3.12. The lowest BCUT2D eigenvalue weighted by atomic mass is 9.97. The van der Waals surface area contributed by atoms with Gasteiger partial charge in [-0.3, -0.25) is 0 Å². The van der Waals surface area contributed by atoms with E-state index in [1.54, 1.807) is 0 Å². The molecule has 0 saturated carbocycles. The second-order valence-electron chi connectivity index (χ2n) is 31.0. The van der Waals surface area contributed by atoms with E-state index in [-0.39, 0.29) is 6.10 Å². The zero-order valence-corrected chi connectivity index (χ0v) is 72.5. The molecule has 0 aliphatic carbocycles. The van der Waals surface area contributed by atoms with Gasteiger partial charge in [0.05, 0.1) is 61.7 Å². The molecule has 0 spiro atoms. The minimum absolute atomic E-state index is 0.0424. The third kappa shape index (κ3) is 22.7. The Balaban J connectivity index is 0.000000717. The molecule has 0 bridgehead atoms. The molecule has 12 aromatic carbocycles. The van der Waals surface area contributed by atoms with E-state index in [2.05, 4.69) is 72.6 Å². The highest BCUT2D eigenvalue weighted by Gasteiger charge is 2.55. The number of carbonyl (C=O) groups is 10. The number of hydrogen-bond acceptors (Lipinski definition) is 48. The molecule has 25 N–H and O–H groups in total. The fourth-order valence-electron chi connectivity index (χ4n) is 13.8. The first-order valence-electron chi connectivity index (χ1n) is 41.0. The summed E-state index contributed by atoms with van der Waals surface area (Å²) in [5.74, 6) is -56.0. The van der Waals surface area contributed by atoms with Gasteiger partial charge in [0.25, 0.3) is 0 Å². The molecule has 2 heterocycles. The van der Waals surface area contributed by atoms with Crippen molar-refractivity contribution in [1.29, 1.82) is 0 Å².